The van der Waals surface area contributed by atoms with Gasteiger partial charge in [-0.3, -0.25) is 0 Å². The van der Waals surface area contributed by atoms with Crippen molar-refractivity contribution in [3.05, 3.63) is 0 Å². The van der Waals surface area contributed by atoms with E-state index in [1.807, 2.05) is 25.7 Å². The van der Waals surface area contributed by atoms with Crippen molar-refractivity contribution < 1.29 is 9.53 Å². The van der Waals surface area contributed by atoms with E-state index in [2.05, 4.69) is 19.2 Å². The van der Waals surface area contributed by atoms with Crippen molar-refractivity contribution in [1.29, 1.82) is 0 Å². The van der Waals surface area contributed by atoms with Gasteiger partial charge in [-0.05, 0) is 46.1 Å². The van der Waals surface area contributed by atoms with E-state index >= 15 is 0 Å². The van der Waals surface area contributed by atoms with Gasteiger partial charge in [-0.15, -0.1) is 0 Å². The summed E-state index contributed by atoms with van der Waals surface area (Å²) >= 11 is 0. The molecule has 0 aromatic heterocycles. The number of carbonyl (C=O) groups is 1. The van der Waals surface area contributed by atoms with Gasteiger partial charge in [0.2, 0.25) is 0 Å². The van der Waals surface area contributed by atoms with Crippen molar-refractivity contribution in [2.24, 2.45) is 5.92 Å². The average molecular weight is 298 g/mol. The Balaban J connectivity index is 2.29. The molecule has 0 aromatic rings. The fourth-order valence-electron chi connectivity index (χ4n) is 2.70. The van der Waals surface area contributed by atoms with Gasteiger partial charge in [-0.25, -0.2) is 4.79 Å². The van der Waals surface area contributed by atoms with Crippen molar-refractivity contribution in [3.63, 3.8) is 0 Å². The third-order valence-corrected chi connectivity index (χ3v) is 4.08. The molecule has 0 aliphatic carbocycles. The molecule has 1 fully saturated rings. The summed E-state index contributed by atoms with van der Waals surface area (Å²) in [6, 6.07) is 0.424. The van der Waals surface area contributed by atoms with Gasteiger partial charge in [0.1, 0.15) is 5.60 Å². The first-order valence-electron chi connectivity index (χ1n) is 8.57. The van der Waals surface area contributed by atoms with Crippen LogP contribution in [0.5, 0.6) is 0 Å². The maximum Gasteiger partial charge on any atom is 0.410 e. The molecule has 0 radical (unpaired) electrons. The number of carbonyl (C=O) groups excluding carboxylic acids is 1. The third-order valence-electron chi connectivity index (χ3n) is 4.08. The van der Waals surface area contributed by atoms with Crippen molar-refractivity contribution >= 4 is 6.09 Å². The molecule has 0 bridgehead atoms. The molecule has 124 valence electrons. The zero-order chi connectivity index (χ0) is 15.9. The molecule has 4 heteroatoms. The topological polar surface area (TPSA) is 41.6 Å². The third kappa shape index (κ3) is 7.16. The van der Waals surface area contributed by atoms with E-state index in [-0.39, 0.29) is 6.09 Å². The summed E-state index contributed by atoms with van der Waals surface area (Å²) in [5.41, 5.74) is -0.407. The minimum Gasteiger partial charge on any atom is -0.444 e. The highest BCUT2D eigenvalue weighted by Gasteiger charge is 2.29. The largest absolute Gasteiger partial charge is 0.444 e. The summed E-state index contributed by atoms with van der Waals surface area (Å²) in [7, 11) is 0. The van der Waals surface area contributed by atoms with E-state index in [1.54, 1.807) is 0 Å². The summed E-state index contributed by atoms with van der Waals surface area (Å²) in [5, 5.41) is 3.64. The van der Waals surface area contributed by atoms with Crippen LogP contribution >= 0.6 is 0 Å². The van der Waals surface area contributed by atoms with E-state index in [0.29, 0.717) is 6.04 Å². The predicted octanol–water partition coefficient (Wildman–Crippen LogP) is 3.80. The van der Waals surface area contributed by atoms with E-state index < -0.39 is 5.60 Å². The first kappa shape index (κ1) is 18.3. The number of nitrogens with zero attached hydrogens (tertiary/aromatic N) is 1. The lowest BCUT2D eigenvalue weighted by Gasteiger charge is -2.24. The molecule has 1 N–H and O–H groups in total. The number of unbranched alkanes of at least 4 members (excludes halogenated alkanes) is 1. The molecular formula is C17H34N2O2. The van der Waals surface area contributed by atoms with Crippen molar-refractivity contribution in [2.75, 3.05) is 19.6 Å². The Bertz CT molecular complexity index is 312. The maximum atomic E-state index is 12.0. The van der Waals surface area contributed by atoms with Gasteiger partial charge in [0.15, 0.2) is 0 Å². The molecule has 0 aromatic carbocycles. The number of rotatable bonds is 7. The van der Waals surface area contributed by atoms with Crippen LogP contribution < -0.4 is 5.32 Å². The lowest BCUT2D eigenvalue weighted by molar-refractivity contribution is 0.0291. The van der Waals surface area contributed by atoms with Gasteiger partial charge in [0.05, 0.1) is 0 Å². The molecule has 1 aliphatic rings. The molecule has 0 saturated carbocycles. The molecule has 4 nitrogen and oxygen atoms in total. The minimum absolute atomic E-state index is 0.176. The zero-order valence-electron chi connectivity index (χ0n) is 14.6. The zero-order valence-corrected chi connectivity index (χ0v) is 14.6. The summed E-state index contributed by atoms with van der Waals surface area (Å²) in [5.74, 6) is 0.764. The molecule has 1 amide bonds. The maximum absolute atomic E-state index is 12.0. The second-order valence-electron chi connectivity index (χ2n) is 7.24. The number of hydrogen-bond acceptors (Lipinski definition) is 3. The van der Waals surface area contributed by atoms with Crippen LogP contribution in [0.1, 0.15) is 66.7 Å². The smallest absolute Gasteiger partial charge is 0.410 e. The van der Waals surface area contributed by atoms with Crippen LogP contribution in [0.25, 0.3) is 0 Å². The molecule has 1 aliphatic heterocycles. The summed E-state index contributed by atoms with van der Waals surface area (Å²) in [4.78, 5) is 13.8. The fraction of sp³-hybridized carbons (Fsp3) is 0.941. The number of nitrogens with one attached hydrogen (secondary N) is 1. The summed E-state index contributed by atoms with van der Waals surface area (Å²) in [6.45, 7) is 12.9. The molecule has 0 spiro atoms. The minimum atomic E-state index is -0.407. The van der Waals surface area contributed by atoms with Crippen molar-refractivity contribution in [3.8, 4) is 0 Å². The normalized spacial score (nSPS) is 20.6. The van der Waals surface area contributed by atoms with Crippen LogP contribution in [-0.2, 0) is 4.74 Å². The van der Waals surface area contributed by atoms with Crippen LogP contribution in [0.2, 0.25) is 0 Å². The fourth-order valence-corrected chi connectivity index (χ4v) is 2.70. The number of ether oxygens (including phenoxy) is 1. The van der Waals surface area contributed by atoms with Crippen LogP contribution in [0, 0.1) is 5.92 Å². The Morgan fingerprint density at radius 1 is 1.38 bits per heavy atom. The highest BCUT2D eigenvalue weighted by atomic mass is 16.6. The van der Waals surface area contributed by atoms with Crippen LogP contribution in [0.4, 0.5) is 4.79 Å². The summed E-state index contributed by atoms with van der Waals surface area (Å²) < 4.78 is 5.43. The van der Waals surface area contributed by atoms with Gasteiger partial charge < -0.3 is 15.0 Å². The first-order valence-corrected chi connectivity index (χ1v) is 8.57. The van der Waals surface area contributed by atoms with E-state index in [0.717, 1.165) is 32.0 Å². The average Bonchev–Trinajstić information content (AvgIpc) is 2.86. The monoisotopic (exact) mass is 298 g/mol. The molecular weight excluding hydrogens is 264 g/mol. The molecule has 1 heterocycles. The Morgan fingerprint density at radius 2 is 2.10 bits per heavy atom. The van der Waals surface area contributed by atoms with Gasteiger partial charge in [-0.1, -0.05) is 33.1 Å². The van der Waals surface area contributed by atoms with Gasteiger partial charge in [0.25, 0.3) is 0 Å². The lowest BCUT2D eigenvalue weighted by Crippen LogP contribution is -2.39. The van der Waals surface area contributed by atoms with Crippen LogP contribution in [-0.4, -0.2) is 42.3 Å². The number of likely N-dealkylation sites (tertiary alicyclic amines) is 1. The van der Waals surface area contributed by atoms with E-state index in [9.17, 15) is 4.79 Å². The second-order valence-corrected chi connectivity index (χ2v) is 7.24. The highest BCUT2D eigenvalue weighted by molar-refractivity contribution is 5.68. The Hall–Kier alpha value is -0.770. The van der Waals surface area contributed by atoms with Crippen LogP contribution in [0.3, 0.4) is 0 Å². The van der Waals surface area contributed by atoms with Gasteiger partial charge in [-0.2, -0.15) is 0 Å². The van der Waals surface area contributed by atoms with Crippen LogP contribution in [0.15, 0.2) is 0 Å². The Kier molecular flexibility index (Phi) is 7.50. The summed E-state index contributed by atoms with van der Waals surface area (Å²) in [6.07, 6.45) is 5.98. The highest BCUT2D eigenvalue weighted by Crippen LogP contribution is 2.17. The Morgan fingerprint density at radius 3 is 2.67 bits per heavy atom. The predicted molar refractivity (Wildman–Crippen MR) is 87.5 cm³/mol. The van der Waals surface area contributed by atoms with Crippen molar-refractivity contribution in [2.45, 2.75) is 78.4 Å². The first-order chi connectivity index (χ1) is 9.85. The molecule has 1 rings (SSSR count). The quantitative estimate of drug-likeness (QED) is 0.777. The van der Waals surface area contributed by atoms with Gasteiger partial charge >= 0.3 is 6.09 Å². The molecule has 21 heavy (non-hydrogen) atoms. The van der Waals surface area contributed by atoms with E-state index in [4.69, 9.17) is 4.74 Å². The molecule has 1 saturated heterocycles. The number of amides is 1. The standard InChI is InChI=1S/C17H34N2O2/c1-6-8-9-14(7-2)12-18-15-10-11-19(13-15)16(20)21-17(3,4)5/h14-15,18H,6-13H2,1-5H3. The number of hydrogen-bond donors (Lipinski definition) is 1. The molecule has 2 unspecified atom stereocenters. The Labute approximate surface area is 130 Å². The lowest BCUT2D eigenvalue weighted by atomic mass is 9.99. The van der Waals surface area contributed by atoms with Crippen molar-refractivity contribution in [1.82, 2.24) is 10.2 Å². The van der Waals surface area contributed by atoms with Gasteiger partial charge in [0, 0.05) is 19.1 Å². The second kappa shape index (κ2) is 8.62. The SMILES string of the molecule is CCCCC(CC)CNC1CCN(C(=O)OC(C)(C)C)C1. The molecule has 2 atom stereocenters. The van der Waals surface area contributed by atoms with E-state index in [1.165, 1.54) is 25.7 Å².